The zero-order valence-corrected chi connectivity index (χ0v) is 18.2. The average molecular weight is 436 g/mol. The number of rotatable bonds is 5. The molecule has 0 radical (unpaired) electrons. The van der Waals surface area contributed by atoms with Gasteiger partial charge in [-0.3, -0.25) is 4.90 Å². The van der Waals surface area contributed by atoms with Gasteiger partial charge in [-0.25, -0.2) is 19.2 Å². The number of fused-ring (bicyclic) bond motifs is 3. The number of carbonyl (C=O) groups excluding carboxylic acids is 1. The minimum Gasteiger partial charge on any atom is -0.447 e. The maximum atomic E-state index is 14.0. The third-order valence-corrected chi connectivity index (χ3v) is 6.10. The fourth-order valence-electron chi connectivity index (χ4n) is 4.46. The van der Waals surface area contributed by atoms with E-state index < -0.39 is 18.3 Å². The van der Waals surface area contributed by atoms with Crippen LogP contribution < -0.4 is 10.2 Å². The van der Waals surface area contributed by atoms with Crippen LogP contribution >= 0.6 is 0 Å². The van der Waals surface area contributed by atoms with Crippen LogP contribution in [0.5, 0.6) is 0 Å². The molecule has 2 aliphatic rings. The van der Waals surface area contributed by atoms with Gasteiger partial charge < -0.3 is 14.6 Å². The molecule has 2 aromatic heterocycles. The SMILES string of the molecule is Cc1ccc2c(c1)CCc1c([C@H](C)Nc3nccc(N4C(=O)OC[C@@H]4[C@H](C)F)n3)ncn1-2. The lowest BCUT2D eigenvalue weighted by Crippen LogP contribution is -2.39. The van der Waals surface area contributed by atoms with Gasteiger partial charge in [0, 0.05) is 17.6 Å². The van der Waals surface area contributed by atoms with Gasteiger partial charge in [-0.2, -0.15) is 4.98 Å². The number of hydrogen-bond acceptors (Lipinski definition) is 6. The van der Waals surface area contributed by atoms with E-state index in [-0.39, 0.29) is 12.6 Å². The van der Waals surface area contributed by atoms with Crippen molar-refractivity contribution in [3.63, 3.8) is 0 Å². The Hall–Kier alpha value is -3.49. The van der Waals surface area contributed by atoms with Crippen molar-refractivity contribution >= 4 is 17.9 Å². The zero-order valence-electron chi connectivity index (χ0n) is 18.2. The first-order valence-electron chi connectivity index (χ1n) is 10.8. The molecule has 0 aliphatic carbocycles. The van der Waals surface area contributed by atoms with Gasteiger partial charge in [0.15, 0.2) is 0 Å². The normalized spacial score (nSPS) is 19.2. The van der Waals surface area contributed by atoms with E-state index in [0.717, 1.165) is 24.2 Å². The Labute approximate surface area is 185 Å². The van der Waals surface area contributed by atoms with Crippen molar-refractivity contribution in [2.45, 2.75) is 51.9 Å². The van der Waals surface area contributed by atoms with E-state index in [1.54, 1.807) is 12.3 Å². The van der Waals surface area contributed by atoms with Crippen LogP contribution in [0.15, 0.2) is 36.8 Å². The number of nitrogens with one attached hydrogen (secondary N) is 1. The summed E-state index contributed by atoms with van der Waals surface area (Å²) in [4.78, 5) is 26.8. The van der Waals surface area contributed by atoms with Gasteiger partial charge in [0.25, 0.3) is 0 Å². The van der Waals surface area contributed by atoms with Crippen LogP contribution in [0.1, 0.15) is 42.4 Å². The second-order valence-electron chi connectivity index (χ2n) is 8.37. The summed E-state index contributed by atoms with van der Waals surface area (Å²) in [7, 11) is 0. The molecule has 166 valence electrons. The predicted octanol–water partition coefficient (Wildman–Crippen LogP) is 3.93. The molecule has 1 saturated heterocycles. The predicted molar refractivity (Wildman–Crippen MR) is 118 cm³/mol. The Balaban J connectivity index is 1.39. The first kappa shape index (κ1) is 20.4. The molecule has 0 bridgehead atoms. The molecule has 1 amide bonds. The van der Waals surface area contributed by atoms with Gasteiger partial charge in [0.1, 0.15) is 24.6 Å². The third-order valence-electron chi connectivity index (χ3n) is 6.10. The van der Waals surface area contributed by atoms with E-state index in [9.17, 15) is 9.18 Å². The van der Waals surface area contributed by atoms with Crippen molar-refractivity contribution < 1.29 is 13.9 Å². The molecule has 3 aromatic rings. The number of alkyl halides is 1. The Morgan fingerprint density at radius 3 is 2.88 bits per heavy atom. The molecule has 8 nitrogen and oxygen atoms in total. The van der Waals surface area contributed by atoms with Crippen molar-refractivity contribution in [2.75, 3.05) is 16.8 Å². The van der Waals surface area contributed by atoms with Gasteiger partial charge in [-0.15, -0.1) is 0 Å². The second kappa shape index (κ2) is 7.89. The van der Waals surface area contributed by atoms with E-state index in [4.69, 9.17) is 4.74 Å². The lowest BCUT2D eigenvalue weighted by Gasteiger charge is -2.23. The van der Waals surface area contributed by atoms with E-state index in [1.807, 2.05) is 13.3 Å². The number of anilines is 2. The lowest BCUT2D eigenvalue weighted by molar-refractivity contribution is 0.174. The minimum atomic E-state index is -1.24. The van der Waals surface area contributed by atoms with Crippen LogP contribution in [0, 0.1) is 6.92 Å². The summed E-state index contributed by atoms with van der Waals surface area (Å²) >= 11 is 0. The summed E-state index contributed by atoms with van der Waals surface area (Å²) in [6.45, 7) is 5.51. The summed E-state index contributed by atoms with van der Waals surface area (Å²) in [6.07, 6.45) is 3.43. The molecule has 1 N–H and O–H groups in total. The number of ether oxygens (including phenoxy) is 1. The number of nitrogens with zero attached hydrogens (tertiary/aromatic N) is 5. The number of carbonyl (C=O) groups is 1. The molecule has 0 unspecified atom stereocenters. The fourth-order valence-corrected chi connectivity index (χ4v) is 4.46. The third kappa shape index (κ3) is 3.47. The molecule has 5 rings (SSSR count). The first-order chi connectivity index (χ1) is 15.4. The number of aryl methyl sites for hydroxylation is 2. The van der Waals surface area contributed by atoms with Crippen LogP contribution in [0.4, 0.5) is 21.0 Å². The largest absolute Gasteiger partial charge is 0.447 e. The molecular weight excluding hydrogens is 411 g/mol. The summed E-state index contributed by atoms with van der Waals surface area (Å²) in [5, 5.41) is 3.28. The van der Waals surface area contributed by atoms with Crippen LogP contribution in [0.3, 0.4) is 0 Å². The zero-order chi connectivity index (χ0) is 22.4. The van der Waals surface area contributed by atoms with Gasteiger partial charge in [-0.05, 0) is 51.3 Å². The molecule has 4 heterocycles. The molecule has 0 spiro atoms. The summed E-state index contributed by atoms with van der Waals surface area (Å²) in [6, 6.07) is 7.20. The highest BCUT2D eigenvalue weighted by Crippen LogP contribution is 2.31. The van der Waals surface area contributed by atoms with Crippen LogP contribution in [0.25, 0.3) is 5.69 Å². The van der Waals surface area contributed by atoms with Crippen molar-refractivity contribution in [3.8, 4) is 5.69 Å². The van der Waals surface area contributed by atoms with Gasteiger partial charge in [0.2, 0.25) is 5.95 Å². The Kier molecular flexibility index (Phi) is 5.03. The number of hydrogen-bond donors (Lipinski definition) is 1. The van der Waals surface area contributed by atoms with E-state index in [2.05, 4.69) is 50.0 Å². The van der Waals surface area contributed by atoms with Crippen molar-refractivity contribution in [1.82, 2.24) is 19.5 Å². The molecule has 9 heteroatoms. The number of amides is 1. The van der Waals surface area contributed by atoms with Gasteiger partial charge in [-0.1, -0.05) is 17.7 Å². The van der Waals surface area contributed by atoms with Crippen molar-refractivity contribution in [2.24, 2.45) is 0 Å². The van der Waals surface area contributed by atoms with Crippen LogP contribution in [-0.4, -0.2) is 44.4 Å². The summed E-state index contributed by atoms with van der Waals surface area (Å²) in [5.41, 5.74) is 5.84. The maximum Gasteiger partial charge on any atom is 0.416 e. The molecule has 1 aromatic carbocycles. The summed E-state index contributed by atoms with van der Waals surface area (Å²) in [5.74, 6) is 0.649. The Morgan fingerprint density at radius 2 is 2.06 bits per heavy atom. The monoisotopic (exact) mass is 436 g/mol. The minimum absolute atomic E-state index is 0.00145. The number of cyclic esters (lactones) is 1. The number of aromatic nitrogens is 4. The maximum absolute atomic E-state index is 14.0. The number of benzene rings is 1. The fraction of sp³-hybridized carbons (Fsp3) is 0.391. The van der Waals surface area contributed by atoms with Crippen LogP contribution in [0.2, 0.25) is 0 Å². The molecule has 2 aliphatic heterocycles. The number of imidazole rings is 1. The second-order valence-corrected chi connectivity index (χ2v) is 8.37. The highest BCUT2D eigenvalue weighted by molar-refractivity contribution is 5.89. The molecule has 1 fully saturated rings. The smallest absolute Gasteiger partial charge is 0.416 e. The number of halogens is 1. The highest BCUT2D eigenvalue weighted by atomic mass is 19.1. The summed E-state index contributed by atoms with van der Waals surface area (Å²) < 4.78 is 21.1. The highest BCUT2D eigenvalue weighted by Gasteiger charge is 2.39. The Morgan fingerprint density at radius 1 is 1.22 bits per heavy atom. The Bertz CT molecular complexity index is 1180. The quantitative estimate of drug-likeness (QED) is 0.652. The molecule has 0 saturated carbocycles. The van der Waals surface area contributed by atoms with E-state index in [1.165, 1.54) is 28.6 Å². The van der Waals surface area contributed by atoms with Gasteiger partial charge in [0.05, 0.1) is 18.1 Å². The van der Waals surface area contributed by atoms with Gasteiger partial charge >= 0.3 is 6.09 Å². The average Bonchev–Trinajstić information content (AvgIpc) is 3.37. The molecular formula is C23H25FN6O2. The first-order valence-corrected chi connectivity index (χ1v) is 10.8. The topological polar surface area (TPSA) is 85.2 Å². The molecule has 3 atom stereocenters. The van der Waals surface area contributed by atoms with E-state index in [0.29, 0.717) is 11.8 Å². The van der Waals surface area contributed by atoms with Crippen molar-refractivity contribution in [3.05, 3.63) is 59.3 Å². The van der Waals surface area contributed by atoms with E-state index >= 15 is 0 Å². The standard InChI is InChI=1S/C23H25FN6O2/c1-13-4-6-17-16(10-13)5-7-18-21(26-12-29(17)18)15(3)27-22-25-9-8-20(28-22)30-19(14(2)24)11-32-23(30)31/h4,6,8-10,12,14-15,19H,5,7,11H2,1-3H3,(H,25,27,28)/t14-,15-,19+/m0/s1. The molecule has 32 heavy (non-hydrogen) atoms. The van der Waals surface area contributed by atoms with Crippen LogP contribution in [-0.2, 0) is 17.6 Å². The van der Waals surface area contributed by atoms with Crippen molar-refractivity contribution in [1.29, 1.82) is 0 Å². The lowest BCUT2D eigenvalue weighted by atomic mass is 9.98.